The fourth-order valence-electron chi connectivity index (χ4n) is 4.41. The van der Waals surface area contributed by atoms with Gasteiger partial charge in [0, 0.05) is 58.5 Å². The molecule has 204 valence electrons. The number of aliphatic carboxylic acids is 3. The number of carboxylic acid groups (broad SMARTS) is 3. The Hall–Kier alpha value is -2.08. The van der Waals surface area contributed by atoms with E-state index in [9.17, 15) is 39.2 Å². The molecule has 1 heterocycles. The molecule has 36 heavy (non-hydrogen) atoms. The first-order valence-electron chi connectivity index (χ1n) is 12.1. The molecule has 2 unspecified atom stereocenters. The standard InChI is InChI=1S/C23H39N4O8P/c1-19-2-4-20(5-3-19)17-36(34,35)18-27-12-10-25(15-22(30)31)8-6-24(14-21(28)29)7-9-26(11-13-27)16-23(32)33/h2-4,20H,5-18H2,1H3,(H,28,29)(H,30,31)(H,32,33)(H,34,35). The molecule has 1 aliphatic heterocycles. The summed E-state index contributed by atoms with van der Waals surface area (Å²) >= 11 is 0. The minimum Gasteiger partial charge on any atom is -0.480 e. The molecule has 12 nitrogen and oxygen atoms in total. The van der Waals surface area contributed by atoms with E-state index in [-0.39, 0.29) is 38.0 Å². The molecular weight excluding hydrogens is 491 g/mol. The van der Waals surface area contributed by atoms with Crippen LogP contribution in [-0.2, 0) is 18.9 Å². The summed E-state index contributed by atoms with van der Waals surface area (Å²) in [5.74, 6) is -3.05. The largest absolute Gasteiger partial charge is 0.480 e. The van der Waals surface area contributed by atoms with Gasteiger partial charge in [0.2, 0.25) is 7.37 Å². The second kappa shape index (κ2) is 14.6. The molecule has 0 amide bonds. The van der Waals surface area contributed by atoms with Crippen LogP contribution in [0.25, 0.3) is 0 Å². The first-order chi connectivity index (χ1) is 16.9. The molecule has 2 atom stereocenters. The number of carboxylic acids is 3. The smallest absolute Gasteiger partial charge is 0.317 e. The molecule has 4 N–H and O–H groups in total. The Morgan fingerprint density at radius 1 is 0.806 bits per heavy atom. The van der Waals surface area contributed by atoms with Gasteiger partial charge >= 0.3 is 17.9 Å². The lowest BCUT2D eigenvalue weighted by Crippen LogP contribution is -2.48. The molecule has 0 aromatic heterocycles. The van der Waals surface area contributed by atoms with Crippen molar-refractivity contribution in [2.24, 2.45) is 5.92 Å². The molecule has 13 heteroatoms. The van der Waals surface area contributed by atoms with Crippen molar-refractivity contribution in [2.45, 2.75) is 13.3 Å². The number of rotatable bonds is 10. The van der Waals surface area contributed by atoms with E-state index in [0.717, 1.165) is 5.57 Å². The van der Waals surface area contributed by atoms with Gasteiger partial charge in [0.1, 0.15) is 0 Å². The van der Waals surface area contributed by atoms with Crippen LogP contribution < -0.4 is 0 Å². The second-order valence-corrected chi connectivity index (χ2v) is 11.9. The molecule has 0 bridgehead atoms. The number of carbonyl (C=O) groups is 3. The van der Waals surface area contributed by atoms with E-state index in [4.69, 9.17) is 0 Å². The first kappa shape index (κ1) is 30.1. The van der Waals surface area contributed by atoms with E-state index < -0.39 is 25.3 Å². The maximum absolute atomic E-state index is 13.2. The van der Waals surface area contributed by atoms with Gasteiger partial charge in [0.15, 0.2) is 0 Å². The minimum absolute atomic E-state index is 0.0239. The highest BCUT2D eigenvalue weighted by atomic mass is 31.2. The van der Waals surface area contributed by atoms with Crippen LogP contribution in [0.3, 0.4) is 0 Å². The predicted molar refractivity (Wildman–Crippen MR) is 134 cm³/mol. The SMILES string of the molecule is CC1=CCC(CP(=O)(O)CN2CCN(CC(=O)O)CCN(CC(=O)O)CCN(CC(=O)O)CC2)C=C1. The van der Waals surface area contributed by atoms with Crippen molar-refractivity contribution < 1.29 is 39.2 Å². The van der Waals surface area contributed by atoms with Crippen LogP contribution in [-0.4, -0.2) is 142 Å². The topological polar surface area (TPSA) is 162 Å². The molecule has 0 aromatic carbocycles. The fourth-order valence-corrected chi connectivity index (χ4v) is 6.44. The molecule has 0 aromatic rings. The summed E-state index contributed by atoms with van der Waals surface area (Å²) in [6.07, 6.45) is 6.74. The number of hydrogen-bond acceptors (Lipinski definition) is 8. The Kier molecular flexibility index (Phi) is 12.2. The molecule has 0 radical (unpaired) electrons. The van der Waals surface area contributed by atoms with Crippen LogP contribution in [0.4, 0.5) is 0 Å². The minimum atomic E-state index is -3.55. The zero-order valence-electron chi connectivity index (χ0n) is 20.9. The molecule has 1 saturated heterocycles. The predicted octanol–water partition coefficient (Wildman–Crippen LogP) is 0.212. The van der Waals surface area contributed by atoms with Crippen molar-refractivity contribution in [3.05, 3.63) is 23.8 Å². The Labute approximate surface area is 211 Å². The van der Waals surface area contributed by atoms with Crippen molar-refractivity contribution in [1.29, 1.82) is 0 Å². The monoisotopic (exact) mass is 530 g/mol. The van der Waals surface area contributed by atoms with Gasteiger partial charge < -0.3 is 20.2 Å². The number of nitrogens with zero attached hydrogens (tertiary/aromatic N) is 4. The van der Waals surface area contributed by atoms with Crippen LogP contribution in [0, 0.1) is 5.92 Å². The molecule has 0 spiro atoms. The van der Waals surface area contributed by atoms with Gasteiger partial charge in [-0.3, -0.25) is 38.5 Å². The highest BCUT2D eigenvalue weighted by molar-refractivity contribution is 7.57. The van der Waals surface area contributed by atoms with E-state index in [0.29, 0.717) is 58.8 Å². The third-order valence-electron chi connectivity index (χ3n) is 6.32. The first-order valence-corrected chi connectivity index (χ1v) is 14.2. The molecular formula is C23H39N4O8P. The molecule has 2 rings (SSSR count). The number of allylic oxidation sites excluding steroid dienone is 4. The Balaban J connectivity index is 2.13. The highest BCUT2D eigenvalue weighted by Gasteiger charge is 2.28. The summed E-state index contributed by atoms with van der Waals surface area (Å²) in [7, 11) is -3.55. The summed E-state index contributed by atoms with van der Waals surface area (Å²) < 4.78 is 13.2. The van der Waals surface area contributed by atoms with Crippen LogP contribution in [0.2, 0.25) is 0 Å². The third-order valence-corrected chi connectivity index (χ3v) is 8.20. The molecule has 0 saturated carbocycles. The summed E-state index contributed by atoms with van der Waals surface area (Å²) in [6.45, 7) is 3.82. The lowest BCUT2D eigenvalue weighted by atomic mass is 9.99. The van der Waals surface area contributed by atoms with Crippen molar-refractivity contribution in [3.63, 3.8) is 0 Å². The van der Waals surface area contributed by atoms with E-state index in [1.807, 2.05) is 30.1 Å². The van der Waals surface area contributed by atoms with Crippen molar-refractivity contribution in [3.8, 4) is 0 Å². The summed E-state index contributed by atoms with van der Waals surface area (Å²) in [4.78, 5) is 51.7. The quantitative estimate of drug-likeness (QED) is 0.285. The Bertz CT molecular complexity index is 848. The fraction of sp³-hybridized carbons (Fsp3) is 0.696. The van der Waals surface area contributed by atoms with Crippen molar-refractivity contribution in [1.82, 2.24) is 19.6 Å². The number of hydrogen-bond donors (Lipinski definition) is 4. The normalized spacial score (nSPS) is 23.7. The Morgan fingerprint density at radius 3 is 1.53 bits per heavy atom. The van der Waals surface area contributed by atoms with E-state index in [2.05, 4.69) is 0 Å². The van der Waals surface area contributed by atoms with Gasteiger partial charge in [0.25, 0.3) is 0 Å². The van der Waals surface area contributed by atoms with Crippen LogP contribution >= 0.6 is 7.37 Å². The van der Waals surface area contributed by atoms with Crippen molar-refractivity contribution in [2.75, 3.05) is 84.4 Å². The lowest BCUT2D eigenvalue weighted by Gasteiger charge is -2.34. The summed E-state index contributed by atoms with van der Waals surface area (Å²) in [6, 6.07) is 0. The highest BCUT2D eigenvalue weighted by Crippen LogP contribution is 2.44. The van der Waals surface area contributed by atoms with Gasteiger partial charge in [-0.25, -0.2) is 0 Å². The van der Waals surface area contributed by atoms with Gasteiger partial charge in [-0.2, -0.15) is 0 Å². The third kappa shape index (κ3) is 12.2. The average molecular weight is 531 g/mol. The van der Waals surface area contributed by atoms with Gasteiger partial charge in [-0.15, -0.1) is 0 Å². The zero-order valence-corrected chi connectivity index (χ0v) is 21.8. The second-order valence-electron chi connectivity index (χ2n) is 9.60. The van der Waals surface area contributed by atoms with Crippen LogP contribution in [0.15, 0.2) is 23.8 Å². The van der Waals surface area contributed by atoms with Crippen LogP contribution in [0.1, 0.15) is 13.3 Å². The van der Waals surface area contributed by atoms with Gasteiger partial charge in [0.05, 0.1) is 25.9 Å². The molecule has 2 aliphatic rings. The van der Waals surface area contributed by atoms with E-state index in [1.54, 1.807) is 14.7 Å². The van der Waals surface area contributed by atoms with E-state index >= 15 is 0 Å². The summed E-state index contributed by atoms with van der Waals surface area (Å²) in [5, 5.41) is 27.9. The zero-order chi connectivity index (χ0) is 26.7. The molecule has 1 fully saturated rings. The van der Waals surface area contributed by atoms with E-state index in [1.165, 1.54) is 0 Å². The molecule has 1 aliphatic carbocycles. The maximum atomic E-state index is 13.2. The van der Waals surface area contributed by atoms with Crippen molar-refractivity contribution >= 4 is 25.3 Å². The van der Waals surface area contributed by atoms with Crippen LogP contribution in [0.5, 0.6) is 0 Å². The Morgan fingerprint density at radius 2 is 1.19 bits per heavy atom. The van der Waals surface area contributed by atoms with Gasteiger partial charge in [-0.05, 0) is 19.3 Å². The van der Waals surface area contributed by atoms with Gasteiger partial charge in [-0.1, -0.05) is 23.8 Å². The lowest BCUT2D eigenvalue weighted by molar-refractivity contribution is -0.140. The summed E-state index contributed by atoms with van der Waals surface area (Å²) in [5.41, 5.74) is 1.13. The maximum Gasteiger partial charge on any atom is 0.317 e. The average Bonchev–Trinajstić information content (AvgIpc) is 2.76.